The Morgan fingerprint density at radius 3 is 2.60 bits per heavy atom. The lowest BCUT2D eigenvalue weighted by Crippen LogP contribution is -2.50. The second-order valence-corrected chi connectivity index (χ2v) is 5.39. The number of thioether (sulfide) groups is 1. The maximum absolute atomic E-state index is 12.4. The van der Waals surface area contributed by atoms with Crippen LogP contribution in [0.15, 0.2) is 30.3 Å². The van der Waals surface area contributed by atoms with E-state index in [2.05, 4.69) is 5.32 Å². The summed E-state index contributed by atoms with van der Waals surface area (Å²) in [6.45, 7) is 2.86. The summed E-state index contributed by atoms with van der Waals surface area (Å²) in [6, 6.07) is 9.70. The molecule has 5 heteroatoms. The highest BCUT2D eigenvalue weighted by molar-refractivity contribution is 7.99. The van der Waals surface area contributed by atoms with Gasteiger partial charge in [-0.2, -0.15) is 11.8 Å². The highest BCUT2D eigenvalue weighted by atomic mass is 32.2. The Labute approximate surface area is 125 Å². The van der Waals surface area contributed by atoms with Gasteiger partial charge in [0.25, 0.3) is 0 Å². The number of methoxy groups -OCH3 is 1. The summed E-state index contributed by atoms with van der Waals surface area (Å²) in [5.74, 6) is 1.21. The first-order valence-electron chi connectivity index (χ1n) is 6.69. The summed E-state index contributed by atoms with van der Waals surface area (Å²) in [4.78, 5) is 12.4. The lowest BCUT2D eigenvalue weighted by atomic mass is 9.92. The van der Waals surface area contributed by atoms with Crippen LogP contribution in [0.4, 0.5) is 0 Å². The Morgan fingerprint density at radius 1 is 1.35 bits per heavy atom. The maximum atomic E-state index is 12.4. The van der Waals surface area contributed by atoms with Crippen molar-refractivity contribution in [2.24, 2.45) is 0 Å². The number of nitrogens with one attached hydrogen (secondary N) is 1. The Hall–Kier alpha value is -1.04. The van der Waals surface area contributed by atoms with Crippen LogP contribution in [0.25, 0.3) is 0 Å². The number of rotatable bonds is 9. The van der Waals surface area contributed by atoms with Crippen LogP contribution in [-0.4, -0.2) is 44.8 Å². The average Bonchev–Trinajstić information content (AvgIpc) is 2.49. The molecule has 0 aliphatic heterocycles. The predicted octanol–water partition coefficient (Wildman–Crippen LogP) is 2.04. The molecule has 0 saturated heterocycles. The Morgan fingerprint density at radius 2 is 2.05 bits per heavy atom. The molecule has 20 heavy (non-hydrogen) atoms. The van der Waals surface area contributed by atoms with E-state index in [4.69, 9.17) is 9.47 Å². The zero-order chi connectivity index (χ0) is 14.8. The van der Waals surface area contributed by atoms with E-state index in [1.807, 2.05) is 37.3 Å². The van der Waals surface area contributed by atoms with Crippen LogP contribution < -0.4 is 5.32 Å². The largest absolute Gasteiger partial charge is 0.464 e. The quantitative estimate of drug-likeness (QED) is 0.558. The third kappa shape index (κ3) is 4.23. The third-order valence-corrected chi connectivity index (χ3v) is 4.16. The predicted molar refractivity (Wildman–Crippen MR) is 83.0 cm³/mol. The van der Waals surface area contributed by atoms with E-state index in [1.54, 1.807) is 25.9 Å². The Kier molecular flexibility index (Phi) is 7.65. The van der Waals surface area contributed by atoms with Crippen molar-refractivity contribution < 1.29 is 14.3 Å². The fourth-order valence-corrected chi connectivity index (χ4v) is 3.09. The van der Waals surface area contributed by atoms with E-state index in [1.165, 1.54) is 0 Å². The van der Waals surface area contributed by atoms with Gasteiger partial charge in [0.05, 0.1) is 13.2 Å². The zero-order valence-electron chi connectivity index (χ0n) is 12.3. The molecule has 1 rings (SSSR count). The molecule has 0 radical (unpaired) electrons. The van der Waals surface area contributed by atoms with E-state index >= 15 is 0 Å². The number of likely N-dealkylation sites (N-methyl/N-ethyl adjacent to an activating group) is 1. The summed E-state index contributed by atoms with van der Waals surface area (Å²) in [6.07, 6.45) is 0. The first-order valence-corrected chi connectivity index (χ1v) is 7.85. The lowest BCUT2D eigenvalue weighted by molar-refractivity contribution is -0.150. The van der Waals surface area contributed by atoms with Gasteiger partial charge in [0.1, 0.15) is 0 Å². The van der Waals surface area contributed by atoms with Crippen molar-refractivity contribution in [3.8, 4) is 0 Å². The molecule has 0 aromatic heterocycles. The summed E-state index contributed by atoms with van der Waals surface area (Å²) in [5, 5.41) is 3.16. The molecular formula is C15H23NO3S. The molecule has 1 unspecified atom stereocenters. The van der Waals surface area contributed by atoms with Crippen LogP contribution in [0.2, 0.25) is 0 Å². The summed E-state index contributed by atoms with van der Waals surface area (Å²) < 4.78 is 10.3. The highest BCUT2D eigenvalue weighted by Gasteiger charge is 2.40. The molecule has 0 amide bonds. The summed E-state index contributed by atoms with van der Waals surface area (Å²) in [7, 11) is 3.47. The van der Waals surface area contributed by atoms with Crippen molar-refractivity contribution in [2.45, 2.75) is 12.5 Å². The maximum Gasteiger partial charge on any atom is 0.331 e. The van der Waals surface area contributed by atoms with Gasteiger partial charge in [-0.3, -0.25) is 0 Å². The van der Waals surface area contributed by atoms with Crippen LogP contribution in [0, 0.1) is 0 Å². The molecule has 0 spiro atoms. The van der Waals surface area contributed by atoms with Crippen molar-refractivity contribution >= 4 is 17.7 Å². The van der Waals surface area contributed by atoms with E-state index in [9.17, 15) is 4.79 Å². The van der Waals surface area contributed by atoms with Crippen LogP contribution >= 0.6 is 11.8 Å². The number of esters is 1. The highest BCUT2D eigenvalue weighted by Crippen LogP contribution is 2.27. The summed E-state index contributed by atoms with van der Waals surface area (Å²) >= 11 is 1.67. The average molecular weight is 297 g/mol. The van der Waals surface area contributed by atoms with E-state index in [-0.39, 0.29) is 5.97 Å². The SMILES string of the molecule is CCOC(=O)C(CSCCOC)(NC)c1ccccc1. The number of hydrogen-bond acceptors (Lipinski definition) is 5. The topological polar surface area (TPSA) is 47.6 Å². The zero-order valence-corrected chi connectivity index (χ0v) is 13.2. The standard InChI is InChI=1S/C15H23NO3S/c1-4-19-14(17)15(16-2,12-20-11-10-18-3)13-8-6-5-7-9-13/h5-9,16H,4,10-12H2,1-3H3. The van der Waals surface area contributed by atoms with Gasteiger partial charge < -0.3 is 14.8 Å². The molecule has 0 fully saturated rings. The Bertz CT molecular complexity index is 399. The second kappa shape index (κ2) is 9.00. The fraction of sp³-hybridized carbons (Fsp3) is 0.533. The minimum Gasteiger partial charge on any atom is -0.464 e. The molecule has 1 N–H and O–H groups in total. The van der Waals surface area contributed by atoms with Crippen LogP contribution in [0.1, 0.15) is 12.5 Å². The first-order chi connectivity index (χ1) is 9.71. The van der Waals surface area contributed by atoms with Gasteiger partial charge >= 0.3 is 5.97 Å². The number of carbonyl (C=O) groups excluding carboxylic acids is 1. The fourth-order valence-electron chi connectivity index (χ4n) is 1.92. The van der Waals surface area contributed by atoms with Gasteiger partial charge in [-0.1, -0.05) is 30.3 Å². The molecule has 0 aliphatic carbocycles. The van der Waals surface area contributed by atoms with E-state index in [0.717, 1.165) is 11.3 Å². The number of hydrogen-bond donors (Lipinski definition) is 1. The molecule has 112 valence electrons. The van der Waals surface area contributed by atoms with Gasteiger partial charge in [0, 0.05) is 18.6 Å². The van der Waals surface area contributed by atoms with Crippen molar-refractivity contribution in [3.05, 3.63) is 35.9 Å². The monoisotopic (exact) mass is 297 g/mol. The third-order valence-electron chi connectivity index (χ3n) is 3.07. The molecule has 1 atom stereocenters. The molecule has 0 heterocycles. The van der Waals surface area contributed by atoms with Crippen molar-refractivity contribution in [3.63, 3.8) is 0 Å². The molecule has 0 bridgehead atoms. The van der Waals surface area contributed by atoms with Gasteiger partial charge in [-0.05, 0) is 19.5 Å². The van der Waals surface area contributed by atoms with Crippen molar-refractivity contribution in [1.29, 1.82) is 0 Å². The van der Waals surface area contributed by atoms with E-state index < -0.39 is 5.54 Å². The minimum atomic E-state index is -0.810. The van der Waals surface area contributed by atoms with Gasteiger partial charge in [0.15, 0.2) is 5.54 Å². The lowest BCUT2D eigenvalue weighted by Gasteiger charge is -2.31. The number of carbonyl (C=O) groups is 1. The van der Waals surface area contributed by atoms with E-state index in [0.29, 0.717) is 19.0 Å². The molecule has 0 aliphatic rings. The van der Waals surface area contributed by atoms with Crippen molar-refractivity contribution in [2.75, 3.05) is 38.9 Å². The van der Waals surface area contributed by atoms with Crippen molar-refractivity contribution in [1.82, 2.24) is 5.32 Å². The van der Waals surface area contributed by atoms with Crippen LogP contribution in [0.3, 0.4) is 0 Å². The molecule has 4 nitrogen and oxygen atoms in total. The minimum absolute atomic E-state index is 0.237. The summed E-state index contributed by atoms with van der Waals surface area (Å²) in [5.41, 5.74) is 0.112. The normalized spacial score (nSPS) is 13.8. The van der Waals surface area contributed by atoms with Crippen LogP contribution in [-0.2, 0) is 19.8 Å². The van der Waals surface area contributed by atoms with Crippen LogP contribution in [0.5, 0.6) is 0 Å². The molecular weight excluding hydrogens is 274 g/mol. The smallest absolute Gasteiger partial charge is 0.331 e. The van der Waals surface area contributed by atoms with Gasteiger partial charge in [0.2, 0.25) is 0 Å². The number of ether oxygens (including phenoxy) is 2. The first kappa shape index (κ1) is 17.0. The number of benzene rings is 1. The second-order valence-electron chi connectivity index (χ2n) is 4.29. The van der Waals surface area contributed by atoms with Gasteiger partial charge in [-0.25, -0.2) is 4.79 Å². The van der Waals surface area contributed by atoms with Gasteiger partial charge in [-0.15, -0.1) is 0 Å². The molecule has 0 saturated carbocycles. The molecule has 1 aromatic rings. The Balaban J connectivity index is 2.94. The molecule has 1 aromatic carbocycles.